The van der Waals surface area contributed by atoms with Crippen molar-refractivity contribution in [3.8, 4) is 0 Å². The summed E-state index contributed by atoms with van der Waals surface area (Å²) in [4.78, 5) is 10.8. The molecule has 4 N–H and O–H groups in total. The molecule has 1 aromatic carbocycles. The van der Waals surface area contributed by atoms with Gasteiger partial charge in [0.1, 0.15) is 0 Å². The maximum absolute atomic E-state index is 10.8. The van der Waals surface area contributed by atoms with Crippen LogP contribution in [0.4, 0.5) is 10.5 Å². The largest absolute Gasteiger partial charge is 0.381 e. The fourth-order valence-electron chi connectivity index (χ4n) is 2.96. The minimum atomic E-state index is -0.540. The van der Waals surface area contributed by atoms with Crippen molar-refractivity contribution in [2.24, 2.45) is 5.73 Å². The van der Waals surface area contributed by atoms with Crippen LogP contribution in [0.1, 0.15) is 44.2 Å². The summed E-state index contributed by atoms with van der Waals surface area (Å²) in [6.45, 7) is 2.16. The third-order valence-corrected chi connectivity index (χ3v) is 4.12. The lowest BCUT2D eigenvalue weighted by Crippen LogP contribution is -2.38. The van der Waals surface area contributed by atoms with E-state index in [4.69, 9.17) is 10.5 Å². The molecule has 5 nitrogen and oxygen atoms in total. The van der Waals surface area contributed by atoms with Crippen LogP contribution in [0.25, 0.3) is 0 Å². The summed E-state index contributed by atoms with van der Waals surface area (Å²) in [7, 11) is 1.79. The van der Waals surface area contributed by atoms with Gasteiger partial charge in [-0.25, -0.2) is 4.79 Å². The molecule has 1 aliphatic rings. The number of hydrogen-bond donors (Lipinski definition) is 3. The molecular formula is C16H25N3O2. The van der Waals surface area contributed by atoms with Gasteiger partial charge in [0.25, 0.3) is 0 Å². The van der Waals surface area contributed by atoms with E-state index in [-0.39, 0.29) is 6.04 Å². The Bertz CT molecular complexity index is 461. The van der Waals surface area contributed by atoms with Gasteiger partial charge in [0.05, 0.1) is 6.10 Å². The van der Waals surface area contributed by atoms with E-state index in [0.29, 0.717) is 12.1 Å². The Morgan fingerprint density at radius 2 is 2.05 bits per heavy atom. The van der Waals surface area contributed by atoms with Crippen molar-refractivity contribution in [1.82, 2.24) is 5.32 Å². The van der Waals surface area contributed by atoms with E-state index < -0.39 is 6.03 Å². The molecule has 0 aromatic heterocycles. The van der Waals surface area contributed by atoms with Crippen LogP contribution in [0.2, 0.25) is 0 Å². The van der Waals surface area contributed by atoms with Gasteiger partial charge in [-0.2, -0.15) is 0 Å². The fourth-order valence-corrected chi connectivity index (χ4v) is 2.96. The standard InChI is InChI=1S/C16H25N3O2/c1-11(18-14-4-3-5-15(10-14)21-2)12-6-8-13(9-7-12)19-16(17)20/h6-9,11,14-15,18H,3-5,10H2,1-2H3,(H3,17,19,20). The first-order valence-corrected chi connectivity index (χ1v) is 7.53. The number of urea groups is 1. The molecule has 5 heteroatoms. The number of nitrogens with two attached hydrogens (primary N) is 1. The average molecular weight is 291 g/mol. The van der Waals surface area contributed by atoms with Crippen LogP contribution in [-0.2, 0) is 4.74 Å². The van der Waals surface area contributed by atoms with Crippen LogP contribution in [0.5, 0.6) is 0 Å². The van der Waals surface area contributed by atoms with Crippen molar-refractivity contribution in [1.29, 1.82) is 0 Å². The molecule has 21 heavy (non-hydrogen) atoms. The summed E-state index contributed by atoms with van der Waals surface area (Å²) in [6, 6.07) is 8.00. The van der Waals surface area contributed by atoms with Gasteiger partial charge in [-0.05, 0) is 50.3 Å². The number of anilines is 1. The third kappa shape index (κ3) is 4.72. The predicted octanol–water partition coefficient (Wildman–Crippen LogP) is 2.79. The molecule has 0 spiro atoms. The molecule has 1 aliphatic carbocycles. The molecule has 1 saturated carbocycles. The Morgan fingerprint density at radius 1 is 1.33 bits per heavy atom. The maximum atomic E-state index is 10.8. The lowest BCUT2D eigenvalue weighted by molar-refractivity contribution is 0.0572. The van der Waals surface area contributed by atoms with E-state index in [1.807, 2.05) is 24.3 Å². The molecule has 0 heterocycles. The van der Waals surface area contributed by atoms with Crippen LogP contribution in [-0.4, -0.2) is 25.3 Å². The normalized spacial score (nSPS) is 23.5. The van der Waals surface area contributed by atoms with Crippen LogP contribution in [0, 0.1) is 0 Å². The van der Waals surface area contributed by atoms with Gasteiger partial charge >= 0.3 is 6.03 Å². The first kappa shape index (κ1) is 15.8. The minimum absolute atomic E-state index is 0.272. The molecule has 1 fully saturated rings. The summed E-state index contributed by atoms with van der Waals surface area (Å²) in [5.41, 5.74) is 7.01. The number of benzene rings is 1. The molecule has 0 bridgehead atoms. The number of rotatable bonds is 5. The molecule has 0 saturated heterocycles. The highest BCUT2D eigenvalue weighted by Gasteiger charge is 2.22. The summed E-state index contributed by atoms with van der Waals surface area (Å²) in [6.07, 6.45) is 5.03. The number of carbonyl (C=O) groups is 1. The third-order valence-electron chi connectivity index (χ3n) is 4.12. The van der Waals surface area contributed by atoms with Crippen LogP contribution < -0.4 is 16.4 Å². The van der Waals surface area contributed by atoms with E-state index >= 15 is 0 Å². The van der Waals surface area contributed by atoms with Gasteiger partial charge in [0, 0.05) is 24.9 Å². The van der Waals surface area contributed by atoms with Crippen LogP contribution in [0.3, 0.4) is 0 Å². The van der Waals surface area contributed by atoms with E-state index in [1.165, 1.54) is 18.4 Å². The van der Waals surface area contributed by atoms with Crippen molar-refractivity contribution in [2.45, 2.75) is 50.8 Å². The monoisotopic (exact) mass is 291 g/mol. The fraction of sp³-hybridized carbons (Fsp3) is 0.562. The average Bonchev–Trinajstić information content (AvgIpc) is 2.47. The van der Waals surface area contributed by atoms with Gasteiger partial charge in [-0.3, -0.25) is 0 Å². The quantitative estimate of drug-likeness (QED) is 0.780. The zero-order valence-corrected chi connectivity index (χ0v) is 12.8. The molecule has 0 aliphatic heterocycles. The minimum Gasteiger partial charge on any atom is -0.381 e. The first-order chi connectivity index (χ1) is 10.1. The van der Waals surface area contributed by atoms with Gasteiger partial charge < -0.3 is 21.1 Å². The maximum Gasteiger partial charge on any atom is 0.316 e. The van der Waals surface area contributed by atoms with Crippen LogP contribution in [0.15, 0.2) is 24.3 Å². The molecule has 2 rings (SSSR count). The number of primary amides is 1. The summed E-state index contributed by atoms with van der Waals surface area (Å²) in [5, 5.41) is 6.24. The van der Waals surface area contributed by atoms with Gasteiger partial charge in [-0.15, -0.1) is 0 Å². The number of hydrogen-bond acceptors (Lipinski definition) is 3. The van der Waals surface area contributed by atoms with Gasteiger partial charge in [-0.1, -0.05) is 12.1 Å². The second-order valence-corrected chi connectivity index (χ2v) is 5.72. The highest BCUT2D eigenvalue weighted by atomic mass is 16.5. The van der Waals surface area contributed by atoms with Crippen LogP contribution >= 0.6 is 0 Å². The van der Waals surface area contributed by atoms with E-state index in [1.54, 1.807) is 7.11 Å². The molecule has 1 aromatic rings. The smallest absolute Gasteiger partial charge is 0.316 e. The SMILES string of the molecule is COC1CCCC(NC(C)c2ccc(NC(N)=O)cc2)C1. The van der Waals surface area contributed by atoms with Crippen molar-refractivity contribution < 1.29 is 9.53 Å². The molecule has 3 atom stereocenters. The van der Waals surface area contributed by atoms with Crippen molar-refractivity contribution in [3.63, 3.8) is 0 Å². The topological polar surface area (TPSA) is 76.4 Å². The number of methoxy groups -OCH3 is 1. The predicted molar refractivity (Wildman–Crippen MR) is 84.3 cm³/mol. The zero-order chi connectivity index (χ0) is 15.2. The van der Waals surface area contributed by atoms with Gasteiger partial charge in [0.15, 0.2) is 0 Å². The van der Waals surface area contributed by atoms with Crippen molar-refractivity contribution in [2.75, 3.05) is 12.4 Å². The number of ether oxygens (including phenoxy) is 1. The Balaban J connectivity index is 1.90. The summed E-state index contributed by atoms with van der Waals surface area (Å²) >= 11 is 0. The second kappa shape index (κ2) is 7.43. The lowest BCUT2D eigenvalue weighted by Gasteiger charge is -2.31. The summed E-state index contributed by atoms with van der Waals surface area (Å²) < 4.78 is 5.47. The molecule has 3 unspecified atom stereocenters. The second-order valence-electron chi connectivity index (χ2n) is 5.72. The number of nitrogens with one attached hydrogen (secondary N) is 2. The highest BCUT2D eigenvalue weighted by Crippen LogP contribution is 2.24. The Morgan fingerprint density at radius 3 is 2.67 bits per heavy atom. The number of carbonyl (C=O) groups excluding carboxylic acids is 1. The molecule has 2 amide bonds. The lowest BCUT2D eigenvalue weighted by atomic mass is 9.92. The first-order valence-electron chi connectivity index (χ1n) is 7.53. The molecule has 0 radical (unpaired) electrons. The number of amides is 2. The Labute approximate surface area is 126 Å². The van der Waals surface area contributed by atoms with E-state index in [9.17, 15) is 4.79 Å². The zero-order valence-electron chi connectivity index (χ0n) is 12.8. The van der Waals surface area contributed by atoms with E-state index in [2.05, 4.69) is 17.6 Å². The summed E-state index contributed by atoms with van der Waals surface area (Å²) in [5.74, 6) is 0. The Hall–Kier alpha value is -1.59. The van der Waals surface area contributed by atoms with Crippen molar-refractivity contribution in [3.05, 3.63) is 29.8 Å². The van der Waals surface area contributed by atoms with Gasteiger partial charge in [0.2, 0.25) is 0 Å². The van der Waals surface area contributed by atoms with E-state index in [0.717, 1.165) is 18.5 Å². The highest BCUT2D eigenvalue weighted by molar-refractivity contribution is 5.87. The van der Waals surface area contributed by atoms with Crippen molar-refractivity contribution >= 4 is 11.7 Å². The molecular weight excluding hydrogens is 266 g/mol. The molecule has 116 valence electrons. The Kier molecular flexibility index (Phi) is 5.59.